The van der Waals surface area contributed by atoms with E-state index in [4.69, 9.17) is 16.7 Å². The number of halogens is 1. The zero-order valence-corrected chi connectivity index (χ0v) is 7.86. The van der Waals surface area contributed by atoms with Crippen LogP contribution in [0.15, 0.2) is 18.2 Å². The summed E-state index contributed by atoms with van der Waals surface area (Å²) < 4.78 is 0. The fourth-order valence-electron chi connectivity index (χ4n) is 0.726. The van der Waals surface area contributed by atoms with Crippen LogP contribution in [0, 0.1) is 11.8 Å². The van der Waals surface area contributed by atoms with E-state index in [1.165, 1.54) is 6.07 Å². The second-order valence-corrected chi connectivity index (χ2v) is 2.85. The Morgan fingerprint density at radius 3 is 2.83 bits per heavy atom. The minimum Gasteiger partial charge on any atom is -0.506 e. The molecule has 0 aliphatic heterocycles. The molecule has 1 aromatic carbocycles. The van der Waals surface area contributed by atoms with Gasteiger partial charge in [0.25, 0.3) is 0 Å². The van der Waals surface area contributed by atoms with Gasteiger partial charge in [0.1, 0.15) is 5.75 Å². The second-order valence-electron chi connectivity index (χ2n) is 2.13. The van der Waals surface area contributed by atoms with E-state index < -0.39 is 0 Å². The lowest BCUT2D eigenvalue weighted by molar-refractivity contribution is 0.475. The van der Waals surface area contributed by atoms with Crippen LogP contribution < -0.4 is 0 Å². The number of benzene rings is 1. The Hall–Kier alpha value is -0.780. The van der Waals surface area contributed by atoms with Gasteiger partial charge < -0.3 is 5.11 Å². The van der Waals surface area contributed by atoms with Crippen LogP contribution in [-0.2, 0) is 0 Å². The molecule has 0 bridgehead atoms. The molecule has 12 heavy (non-hydrogen) atoms. The van der Waals surface area contributed by atoms with Crippen molar-refractivity contribution >= 4 is 24.2 Å². The van der Waals surface area contributed by atoms with E-state index in [0.717, 1.165) is 5.56 Å². The summed E-state index contributed by atoms with van der Waals surface area (Å²) in [4.78, 5) is 0. The van der Waals surface area contributed by atoms with Crippen LogP contribution in [0.25, 0.3) is 0 Å². The Labute approximate surface area is 81.8 Å². The zero-order valence-electron chi connectivity index (χ0n) is 6.21. The molecule has 1 N–H and O–H groups in total. The Balaban J connectivity index is 2.97. The minimum atomic E-state index is 0.0769. The molecule has 0 aliphatic rings. The number of hydrogen-bond donors (Lipinski definition) is 2. The number of phenolic OH excluding ortho intramolecular Hbond substituents is 1. The molecule has 1 rings (SSSR count). The van der Waals surface area contributed by atoms with E-state index in [1.807, 2.05) is 0 Å². The number of thiol groups is 1. The highest BCUT2D eigenvalue weighted by Crippen LogP contribution is 2.22. The van der Waals surface area contributed by atoms with Gasteiger partial charge in [-0.05, 0) is 18.2 Å². The van der Waals surface area contributed by atoms with Crippen LogP contribution in [0.1, 0.15) is 5.56 Å². The van der Waals surface area contributed by atoms with Gasteiger partial charge in [0, 0.05) is 5.56 Å². The van der Waals surface area contributed by atoms with Crippen molar-refractivity contribution in [2.75, 3.05) is 5.75 Å². The Kier molecular flexibility index (Phi) is 3.33. The fourth-order valence-corrected chi connectivity index (χ4v) is 0.986. The standard InChI is InChI=1S/C9H7ClOS/c10-8-6-7(2-1-5-12)3-4-9(8)11/h3-4,6,11-12H,5H2. The van der Waals surface area contributed by atoms with Gasteiger partial charge in [-0.3, -0.25) is 0 Å². The first-order valence-corrected chi connectivity index (χ1v) is 4.33. The molecule has 0 radical (unpaired) electrons. The first kappa shape index (κ1) is 9.31. The third-order valence-corrected chi connectivity index (χ3v) is 1.72. The van der Waals surface area contributed by atoms with Gasteiger partial charge in [-0.1, -0.05) is 23.4 Å². The van der Waals surface area contributed by atoms with E-state index in [9.17, 15) is 0 Å². The number of aromatic hydroxyl groups is 1. The maximum absolute atomic E-state index is 9.07. The minimum absolute atomic E-state index is 0.0769. The summed E-state index contributed by atoms with van der Waals surface area (Å²) in [5, 5.41) is 9.39. The molecule has 3 heteroatoms. The van der Waals surface area contributed by atoms with Crippen molar-refractivity contribution in [3.8, 4) is 17.6 Å². The predicted octanol–water partition coefficient (Wildman–Crippen LogP) is 2.33. The Morgan fingerprint density at radius 1 is 1.50 bits per heavy atom. The topological polar surface area (TPSA) is 20.2 Å². The lowest BCUT2D eigenvalue weighted by Gasteiger charge is -1.95. The second kappa shape index (κ2) is 4.30. The van der Waals surface area contributed by atoms with Gasteiger partial charge in [-0.15, -0.1) is 0 Å². The van der Waals surface area contributed by atoms with Gasteiger partial charge in [0.15, 0.2) is 0 Å². The van der Waals surface area contributed by atoms with E-state index >= 15 is 0 Å². The summed E-state index contributed by atoms with van der Waals surface area (Å²) >= 11 is 9.60. The summed E-state index contributed by atoms with van der Waals surface area (Å²) in [5.74, 6) is 6.21. The number of rotatable bonds is 0. The number of hydrogen-bond acceptors (Lipinski definition) is 2. The van der Waals surface area contributed by atoms with Crippen LogP contribution >= 0.6 is 24.2 Å². The summed E-state index contributed by atoms with van der Waals surface area (Å²) in [6, 6.07) is 4.84. The molecule has 62 valence electrons. The molecule has 0 heterocycles. The Morgan fingerprint density at radius 2 is 2.25 bits per heavy atom. The molecule has 0 aromatic heterocycles. The highest BCUT2D eigenvalue weighted by atomic mass is 35.5. The molecule has 1 aromatic rings. The first-order valence-electron chi connectivity index (χ1n) is 3.32. The van der Waals surface area contributed by atoms with Crippen LogP contribution in [0.2, 0.25) is 5.02 Å². The molecule has 1 nitrogen and oxygen atoms in total. The van der Waals surface area contributed by atoms with E-state index in [-0.39, 0.29) is 5.75 Å². The van der Waals surface area contributed by atoms with Crippen LogP contribution in [0.3, 0.4) is 0 Å². The van der Waals surface area contributed by atoms with Gasteiger partial charge in [-0.2, -0.15) is 12.6 Å². The van der Waals surface area contributed by atoms with Crippen molar-refractivity contribution in [1.82, 2.24) is 0 Å². The maximum Gasteiger partial charge on any atom is 0.134 e. The fraction of sp³-hybridized carbons (Fsp3) is 0.111. The van der Waals surface area contributed by atoms with Crippen molar-refractivity contribution in [3.05, 3.63) is 28.8 Å². The third-order valence-electron chi connectivity index (χ3n) is 1.26. The van der Waals surface area contributed by atoms with Crippen molar-refractivity contribution in [3.63, 3.8) is 0 Å². The van der Waals surface area contributed by atoms with Crippen molar-refractivity contribution in [2.45, 2.75) is 0 Å². The molecule has 0 spiro atoms. The van der Waals surface area contributed by atoms with Crippen LogP contribution in [0.4, 0.5) is 0 Å². The van der Waals surface area contributed by atoms with Crippen molar-refractivity contribution in [2.24, 2.45) is 0 Å². The molecule has 0 aliphatic carbocycles. The number of phenols is 1. The van der Waals surface area contributed by atoms with E-state index in [2.05, 4.69) is 24.5 Å². The molecular formula is C9H7ClOS. The average Bonchev–Trinajstić information content (AvgIpc) is 2.07. The van der Waals surface area contributed by atoms with Crippen molar-refractivity contribution in [1.29, 1.82) is 0 Å². The third kappa shape index (κ3) is 2.37. The molecule has 0 saturated carbocycles. The Bertz CT molecular complexity index is 338. The normalized spacial score (nSPS) is 8.83. The lowest BCUT2D eigenvalue weighted by Crippen LogP contribution is -1.75. The smallest absolute Gasteiger partial charge is 0.134 e. The molecule has 0 amide bonds. The van der Waals surface area contributed by atoms with Gasteiger partial charge in [-0.25, -0.2) is 0 Å². The van der Waals surface area contributed by atoms with Crippen molar-refractivity contribution < 1.29 is 5.11 Å². The first-order chi connectivity index (χ1) is 5.74. The SMILES string of the molecule is Oc1ccc(C#CCS)cc1Cl. The van der Waals surface area contributed by atoms with Crippen LogP contribution in [0.5, 0.6) is 5.75 Å². The summed E-state index contributed by atoms with van der Waals surface area (Å²) in [7, 11) is 0. The molecule has 0 saturated heterocycles. The van der Waals surface area contributed by atoms with Gasteiger partial charge in [0.05, 0.1) is 10.8 Å². The van der Waals surface area contributed by atoms with E-state index in [0.29, 0.717) is 10.8 Å². The maximum atomic E-state index is 9.07. The van der Waals surface area contributed by atoms with Gasteiger partial charge in [0.2, 0.25) is 0 Å². The quantitative estimate of drug-likeness (QED) is 0.484. The zero-order chi connectivity index (χ0) is 8.97. The predicted molar refractivity (Wildman–Crippen MR) is 53.8 cm³/mol. The largest absolute Gasteiger partial charge is 0.506 e. The highest BCUT2D eigenvalue weighted by Gasteiger charge is 1.96. The molecule has 0 unspecified atom stereocenters. The van der Waals surface area contributed by atoms with E-state index in [1.54, 1.807) is 12.1 Å². The molecule has 0 atom stereocenters. The lowest BCUT2D eigenvalue weighted by atomic mass is 10.2. The molecular weight excluding hydrogens is 192 g/mol. The summed E-state index contributed by atoms with van der Waals surface area (Å²) in [5.41, 5.74) is 0.784. The van der Waals surface area contributed by atoms with Gasteiger partial charge >= 0.3 is 0 Å². The monoisotopic (exact) mass is 198 g/mol. The highest BCUT2D eigenvalue weighted by molar-refractivity contribution is 7.80. The average molecular weight is 199 g/mol. The summed E-state index contributed by atoms with van der Waals surface area (Å²) in [6.45, 7) is 0. The van der Waals surface area contributed by atoms with Crippen LogP contribution in [-0.4, -0.2) is 10.9 Å². The summed E-state index contributed by atoms with van der Waals surface area (Å²) in [6.07, 6.45) is 0. The molecule has 0 fully saturated rings.